The van der Waals surface area contributed by atoms with E-state index >= 15 is 0 Å². The minimum absolute atomic E-state index is 0.187. The molecular formula is C9H7F2N3. The molecule has 2 heterocycles. The van der Waals surface area contributed by atoms with Crippen molar-refractivity contribution in [2.24, 2.45) is 0 Å². The molecule has 0 aromatic carbocycles. The second kappa shape index (κ2) is 3.17. The van der Waals surface area contributed by atoms with E-state index in [9.17, 15) is 8.78 Å². The number of rotatable bonds is 1. The van der Waals surface area contributed by atoms with Crippen LogP contribution in [0.15, 0.2) is 24.7 Å². The van der Waals surface area contributed by atoms with E-state index in [1.54, 1.807) is 13.1 Å². The minimum Gasteiger partial charge on any atom is -0.302 e. The summed E-state index contributed by atoms with van der Waals surface area (Å²) in [7, 11) is 0. The maximum atomic E-state index is 13.1. The molecule has 0 saturated heterocycles. The normalized spacial score (nSPS) is 10.5. The van der Waals surface area contributed by atoms with Crippen LogP contribution >= 0.6 is 0 Å². The van der Waals surface area contributed by atoms with Crippen molar-refractivity contribution >= 4 is 0 Å². The van der Waals surface area contributed by atoms with Crippen molar-refractivity contribution in [1.29, 1.82) is 0 Å². The highest BCUT2D eigenvalue weighted by Gasteiger charge is 2.06. The molecule has 14 heavy (non-hydrogen) atoms. The Bertz CT molecular complexity index is 465. The Hall–Kier alpha value is -1.78. The van der Waals surface area contributed by atoms with Crippen molar-refractivity contribution in [3.63, 3.8) is 0 Å². The first-order chi connectivity index (χ1) is 6.66. The first kappa shape index (κ1) is 8.80. The highest BCUT2D eigenvalue weighted by Crippen LogP contribution is 2.11. The van der Waals surface area contributed by atoms with Crippen LogP contribution in [0.25, 0.3) is 5.69 Å². The number of hydrogen-bond acceptors (Lipinski definition) is 2. The summed E-state index contributed by atoms with van der Waals surface area (Å²) >= 11 is 0. The Balaban J connectivity index is 2.52. The predicted molar refractivity (Wildman–Crippen MR) is 46.0 cm³/mol. The van der Waals surface area contributed by atoms with Crippen molar-refractivity contribution in [3.05, 3.63) is 42.2 Å². The summed E-state index contributed by atoms with van der Waals surface area (Å²) in [4.78, 5) is 7.01. The molecule has 0 unspecified atom stereocenters. The molecule has 0 aliphatic heterocycles. The van der Waals surface area contributed by atoms with Gasteiger partial charge >= 0.3 is 0 Å². The lowest BCUT2D eigenvalue weighted by Crippen LogP contribution is -1.98. The molecule has 0 bridgehead atoms. The van der Waals surface area contributed by atoms with Crippen molar-refractivity contribution in [3.8, 4) is 5.69 Å². The molecule has 5 heteroatoms. The first-order valence-corrected chi connectivity index (χ1v) is 4.00. The Morgan fingerprint density at radius 1 is 1.29 bits per heavy atom. The first-order valence-electron chi connectivity index (χ1n) is 4.00. The molecule has 0 spiro atoms. The Labute approximate surface area is 79.0 Å². The fourth-order valence-electron chi connectivity index (χ4n) is 1.15. The summed E-state index contributed by atoms with van der Waals surface area (Å²) in [6.07, 6.45) is 3.09. The van der Waals surface area contributed by atoms with Gasteiger partial charge in [-0.25, -0.2) is 4.98 Å². The van der Waals surface area contributed by atoms with Crippen LogP contribution in [-0.4, -0.2) is 14.5 Å². The molecule has 0 N–H and O–H groups in total. The van der Waals surface area contributed by atoms with Crippen molar-refractivity contribution < 1.29 is 8.78 Å². The second-order valence-corrected chi connectivity index (χ2v) is 2.87. The fourth-order valence-corrected chi connectivity index (χ4v) is 1.15. The van der Waals surface area contributed by atoms with E-state index in [1.165, 1.54) is 17.0 Å². The van der Waals surface area contributed by atoms with Gasteiger partial charge in [0.25, 0.3) is 0 Å². The van der Waals surface area contributed by atoms with Crippen LogP contribution in [0, 0.1) is 18.8 Å². The van der Waals surface area contributed by atoms with Crippen LogP contribution in [0.1, 0.15) is 5.69 Å². The van der Waals surface area contributed by atoms with Crippen LogP contribution in [0.4, 0.5) is 8.78 Å². The SMILES string of the molecule is Cc1cn(-c2ccc(F)nc2F)cn1. The summed E-state index contributed by atoms with van der Waals surface area (Å²) in [5.74, 6) is -1.68. The predicted octanol–water partition coefficient (Wildman–Crippen LogP) is 1.85. The summed E-state index contributed by atoms with van der Waals surface area (Å²) < 4.78 is 27.1. The van der Waals surface area contributed by atoms with Crippen molar-refractivity contribution in [1.82, 2.24) is 14.5 Å². The number of aryl methyl sites for hydroxylation is 1. The zero-order valence-electron chi connectivity index (χ0n) is 7.41. The third kappa shape index (κ3) is 1.48. The van der Waals surface area contributed by atoms with Gasteiger partial charge in [0.1, 0.15) is 5.69 Å². The van der Waals surface area contributed by atoms with Gasteiger partial charge in [0.05, 0.1) is 12.0 Å². The number of imidazole rings is 1. The molecule has 0 atom stereocenters. The Kier molecular flexibility index (Phi) is 1.99. The van der Waals surface area contributed by atoms with E-state index in [0.717, 1.165) is 11.8 Å². The van der Waals surface area contributed by atoms with Crippen LogP contribution in [0.5, 0.6) is 0 Å². The van der Waals surface area contributed by atoms with E-state index < -0.39 is 11.9 Å². The molecule has 0 aliphatic carbocycles. The number of pyridine rings is 1. The largest absolute Gasteiger partial charge is 0.302 e. The maximum absolute atomic E-state index is 13.1. The van der Waals surface area contributed by atoms with Gasteiger partial charge in [-0.05, 0) is 19.1 Å². The third-order valence-corrected chi connectivity index (χ3v) is 1.78. The van der Waals surface area contributed by atoms with Gasteiger partial charge in [-0.2, -0.15) is 13.8 Å². The molecule has 0 fully saturated rings. The van der Waals surface area contributed by atoms with E-state index in [-0.39, 0.29) is 5.69 Å². The molecule has 0 amide bonds. The molecule has 2 aromatic rings. The zero-order valence-corrected chi connectivity index (χ0v) is 7.41. The van der Waals surface area contributed by atoms with Gasteiger partial charge in [-0.1, -0.05) is 0 Å². The van der Waals surface area contributed by atoms with Crippen LogP contribution < -0.4 is 0 Å². The monoisotopic (exact) mass is 195 g/mol. The number of nitrogens with zero attached hydrogens (tertiary/aromatic N) is 3. The van der Waals surface area contributed by atoms with Crippen LogP contribution in [-0.2, 0) is 0 Å². The summed E-state index contributed by atoms with van der Waals surface area (Å²) in [6, 6.07) is 2.42. The lowest BCUT2D eigenvalue weighted by Gasteiger charge is -2.01. The Morgan fingerprint density at radius 2 is 2.07 bits per heavy atom. The molecule has 0 saturated carbocycles. The summed E-state index contributed by atoms with van der Waals surface area (Å²) in [6.45, 7) is 1.78. The van der Waals surface area contributed by atoms with Crippen LogP contribution in [0.2, 0.25) is 0 Å². The van der Waals surface area contributed by atoms with Crippen molar-refractivity contribution in [2.75, 3.05) is 0 Å². The smallest absolute Gasteiger partial charge is 0.239 e. The van der Waals surface area contributed by atoms with Crippen molar-refractivity contribution in [2.45, 2.75) is 6.92 Å². The second-order valence-electron chi connectivity index (χ2n) is 2.87. The van der Waals surface area contributed by atoms with Gasteiger partial charge < -0.3 is 4.57 Å². The topological polar surface area (TPSA) is 30.7 Å². The highest BCUT2D eigenvalue weighted by atomic mass is 19.1. The fraction of sp³-hybridized carbons (Fsp3) is 0.111. The molecule has 72 valence electrons. The van der Waals surface area contributed by atoms with Gasteiger partial charge in [-0.15, -0.1) is 0 Å². The number of hydrogen-bond donors (Lipinski definition) is 0. The summed E-state index contributed by atoms with van der Waals surface area (Å²) in [5, 5.41) is 0. The zero-order chi connectivity index (χ0) is 10.1. The summed E-state index contributed by atoms with van der Waals surface area (Å²) in [5.41, 5.74) is 0.945. The molecule has 0 radical (unpaired) electrons. The lowest BCUT2D eigenvalue weighted by atomic mass is 10.4. The van der Waals surface area contributed by atoms with E-state index in [4.69, 9.17) is 0 Å². The average Bonchev–Trinajstić information content (AvgIpc) is 2.51. The molecule has 2 rings (SSSR count). The van der Waals surface area contributed by atoms with Gasteiger partial charge in [0.15, 0.2) is 0 Å². The van der Waals surface area contributed by atoms with E-state index in [2.05, 4.69) is 9.97 Å². The number of halogens is 2. The molecule has 3 nitrogen and oxygen atoms in total. The molecule has 2 aromatic heterocycles. The minimum atomic E-state index is -0.845. The van der Waals surface area contributed by atoms with Gasteiger partial charge in [0.2, 0.25) is 11.9 Å². The van der Waals surface area contributed by atoms with E-state index in [1.807, 2.05) is 0 Å². The van der Waals surface area contributed by atoms with E-state index in [0.29, 0.717) is 0 Å². The number of aromatic nitrogens is 3. The average molecular weight is 195 g/mol. The third-order valence-electron chi connectivity index (χ3n) is 1.78. The van der Waals surface area contributed by atoms with Crippen LogP contribution in [0.3, 0.4) is 0 Å². The highest BCUT2D eigenvalue weighted by molar-refractivity contribution is 5.30. The lowest BCUT2D eigenvalue weighted by molar-refractivity contribution is 0.508. The van der Waals surface area contributed by atoms with Gasteiger partial charge in [0, 0.05) is 6.20 Å². The quantitative estimate of drug-likeness (QED) is 0.650. The molecular weight excluding hydrogens is 188 g/mol. The Morgan fingerprint density at radius 3 is 2.64 bits per heavy atom. The van der Waals surface area contributed by atoms with Gasteiger partial charge in [-0.3, -0.25) is 0 Å². The maximum Gasteiger partial charge on any atom is 0.239 e. The molecule has 0 aliphatic rings. The standard InChI is InChI=1S/C9H7F2N3/c1-6-4-14(5-12-6)7-2-3-8(10)13-9(7)11/h2-5H,1H3.